The number of nitrogens with zero attached hydrogens (tertiary/aromatic N) is 1. The van der Waals surface area contributed by atoms with Crippen LogP contribution in [0.5, 0.6) is 11.5 Å². The van der Waals surface area contributed by atoms with E-state index in [0.29, 0.717) is 38.5 Å². The summed E-state index contributed by atoms with van der Waals surface area (Å²) < 4.78 is 11.1. The highest BCUT2D eigenvalue weighted by Gasteiger charge is 2.55. The van der Waals surface area contributed by atoms with Crippen LogP contribution in [0.3, 0.4) is 0 Å². The molecule has 0 radical (unpaired) electrons. The Morgan fingerprint density at radius 3 is 2.50 bits per heavy atom. The van der Waals surface area contributed by atoms with E-state index in [2.05, 4.69) is 5.43 Å². The van der Waals surface area contributed by atoms with Crippen LogP contribution in [0.1, 0.15) is 44.1 Å². The Morgan fingerprint density at radius 2 is 1.80 bits per heavy atom. The molecule has 6 aliphatic rings. The molecule has 4 bridgehead atoms. The Balaban J connectivity index is 1.20. The topological polar surface area (TPSA) is 67.9 Å². The number of carbonyl (C=O) groups is 2. The first-order valence-electron chi connectivity index (χ1n) is 10.5. The maximum absolute atomic E-state index is 13.3. The van der Waals surface area contributed by atoms with E-state index >= 15 is 0 Å². The van der Waals surface area contributed by atoms with Gasteiger partial charge in [-0.3, -0.25) is 15.0 Å². The number of ether oxygens (including phenoxy) is 2. The van der Waals surface area contributed by atoms with Gasteiger partial charge in [0, 0.05) is 0 Å². The lowest BCUT2D eigenvalue weighted by Gasteiger charge is -2.55. The number of hydrogen-bond donors (Lipinski definition) is 1. The molecule has 30 heavy (non-hydrogen) atoms. The minimum absolute atomic E-state index is 0.0257. The van der Waals surface area contributed by atoms with E-state index in [9.17, 15) is 9.59 Å². The molecular formula is C22H22N2O4S2. The minimum Gasteiger partial charge on any atom is -0.454 e. The fraction of sp³-hybridized carbons (Fsp3) is 0.500. The summed E-state index contributed by atoms with van der Waals surface area (Å²) in [5.74, 6) is 3.05. The second-order valence-electron chi connectivity index (χ2n) is 9.27. The molecule has 0 aromatic heterocycles. The molecule has 1 N–H and O–H groups in total. The molecule has 0 unspecified atom stereocenters. The Hall–Kier alpha value is -2.06. The average molecular weight is 443 g/mol. The van der Waals surface area contributed by atoms with Gasteiger partial charge in [-0.05, 0) is 92.3 Å². The monoisotopic (exact) mass is 442 g/mol. The van der Waals surface area contributed by atoms with Gasteiger partial charge >= 0.3 is 0 Å². The number of rotatable bonds is 3. The number of thioether (sulfide) groups is 1. The van der Waals surface area contributed by atoms with Gasteiger partial charge in [0.2, 0.25) is 12.7 Å². The van der Waals surface area contributed by atoms with Crippen molar-refractivity contribution in [2.45, 2.75) is 38.5 Å². The third-order valence-electron chi connectivity index (χ3n) is 7.22. The van der Waals surface area contributed by atoms with Crippen LogP contribution >= 0.6 is 24.0 Å². The lowest BCUT2D eigenvalue weighted by molar-refractivity contribution is -0.152. The fourth-order valence-electron chi connectivity index (χ4n) is 6.33. The van der Waals surface area contributed by atoms with Gasteiger partial charge in [-0.15, -0.1) is 0 Å². The summed E-state index contributed by atoms with van der Waals surface area (Å²) in [6, 6.07) is 5.53. The highest BCUT2D eigenvalue weighted by molar-refractivity contribution is 8.26. The smallest absolute Gasteiger partial charge is 0.285 e. The molecule has 0 atom stereocenters. The summed E-state index contributed by atoms with van der Waals surface area (Å²) in [7, 11) is 0. The van der Waals surface area contributed by atoms with Crippen molar-refractivity contribution >= 4 is 46.2 Å². The number of thiocarbonyl (C=S) groups is 1. The van der Waals surface area contributed by atoms with Crippen LogP contribution in [0.25, 0.3) is 6.08 Å². The average Bonchev–Trinajstić information content (AvgIpc) is 3.26. The van der Waals surface area contributed by atoms with Gasteiger partial charge in [-0.2, -0.15) is 5.01 Å². The van der Waals surface area contributed by atoms with Crippen molar-refractivity contribution < 1.29 is 19.1 Å². The normalized spacial score (nSPS) is 34.9. The second-order valence-corrected chi connectivity index (χ2v) is 10.9. The Morgan fingerprint density at radius 1 is 1.13 bits per heavy atom. The van der Waals surface area contributed by atoms with Gasteiger partial charge in [0.25, 0.3) is 5.91 Å². The molecule has 156 valence electrons. The summed E-state index contributed by atoms with van der Waals surface area (Å²) in [5, 5.41) is 1.26. The van der Waals surface area contributed by atoms with E-state index in [-0.39, 0.29) is 24.0 Å². The molecule has 0 spiro atoms. The van der Waals surface area contributed by atoms with Crippen LogP contribution in [0.15, 0.2) is 23.1 Å². The quantitative estimate of drug-likeness (QED) is 0.566. The van der Waals surface area contributed by atoms with E-state index in [4.69, 9.17) is 21.7 Å². The molecule has 1 aromatic carbocycles. The third kappa shape index (κ3) is 2.95. The number of fused-ring (bicyclic) bond motifs is 1. The van der Waals surface area contributed by atoms with Crippen LogP contribution < -0.4 is 14.9 Å². The molecule has 7 rings (SSSR count). The lowest BCUT2D eigenvalue weighted by Crippen LogP contribution is -2.57. The van der Waals surface area contributed by atoms with Crippen molar-refractivity contribution in [3.63, 3.8) is 0 Å². The molecule has 5 fully saturated rings. The van der Waals surface area contributed by atoms with Crippen molar-refractivity contribution in [1.29, 1.82) is 0 Å². The van der Waals surface area contributed by atoms with Crippen molar-refractivity contribution in [3.8, 4) is 11.5 Å². The number of benzene rings is 1. The first-order valence-corrected chi connectivity index (χ1v) is 11.7. The van der Waals surface area contributed by atoms with Crippen LogP contribution in [0, 0.1) is 23.2 Å². The Kier molecular flexibility index (Phi) is 4.19. The summed E-state index contributed by atoms with van der Waals surface area (Å²) in [6.45, 7) is 0.206. The molecule has 1 aromatic rings. The first kappa shape index (κ1) is 18.7. The van der Waals surface area contributed by atoms with E-state index in [1.165, 1.54) is 36.0 Å². The zero-order valence-corrected chi connectivity index (χ0v) is 18.0. The second kappa shape index (κ2) is 6.72. The van der Waals surface area contributed by atoms with Crippen molar-refractivity contribution in [1.82, 2.24) is 10.4 Å². The van der Waals surface area contributed by atoms with Crippen LogP contribution in [0.2, 0.25) is 0 Å². The largest absolute Gasteiger partial charge is 0.454 e. The zero-order chi connectivity index (χ0) is 20.5. The van der Waals surface area contributed by atoms with Gasteiger partial charge in [-0.1, -0.05) is 17.8 Å². The van der Waals surface area contributed by atoms with Crippen molar-refractivity contribution in [2.75, 3.05) is 6.79 Å². The molecule has 8 heteroatoms. The molecular weight excluding hydrogens is 420 g/mol. The Bertz CT molecular complexity index is 970. The zero-order valence-electron chi connectivity index (χ0n) is 16.4. The van der Waals surface area contributed by atoms with E-state index < -0.39 is 0 Å². The number of carbonyl (C=O) groups excluding carboxylic acids is 2. The highest BCUT2D eigenvalue weighted by atomic mass is 32.2. The SMILES string of the molecule is O=C1C(=Cc2ccc3c(c2)OCO3)SC(=S)N1NC(=O)C12CC3CC(CC(C3)C1)C2. The predicted molar refractivity (Wildman–Crippen MR) is 116 cm³/mol. The maximum atomic E-state index is 13.3. The van der Waals surface area contributed by atoms with E-state index in [1.54, 1.807) is 6.08 Å². The molecule has 4 aliphatic carbocycles. The van der Waals surface area contributed by atoms with Crippen LogP contribution in [0.4, 0.5) is 0 Å². The third-order valence-corrected chi connectivity index (χ3v) is 8.52. The molecule has 2 amide bonds. The van der Waals surface area contributed by atoms with Crippen molar-refractivity contribution in [2.24, 2.45) is 23.2 Å². The highest BCUT2D eigenvalue weighted by Crippen LogP contribution is 2.60. The molecule has 2 aliphatic heterocycles. The molecule has 2 heterocycles. The van der Waals surface area contributed by atoms with Crippen molar-refractivity contribution in [3.05, 3.63) is 28.7 Å². The van der Waals surface area contributed by atoms with Gasteiger partial charge in [0.05, 0.1) is 10.3 Å². The Labute approximate surface area is 184 Å². The molecule has 1 saturated heterocycles. The summed E-state index contributed by atoms with van der Waals surface area (Å²) >= 11 is 6.63. The van der Waals surface area contributed by atoms with Crippen LogP contribution in [-0.2, 0) is 9.59 Å². The van der Waals surface area contributed by atoms with Crippen LogP contribution in [-0.4, -0.2) is 27.9 Å². The lowest BCUT2D eigenvalue weighted by atomic mass is 9.49. The summed E-state index contributed by atoms with van der Waals surface area (Å²) in [6.07, 6.45) is 8.44. The number of nitrogens with one attached hydrogen (secondary N) is 1. The number of hydrogen-bond acceptors (Lipinski definition) is 6. The fourth-order valence-corrected chi connectivity index (χ4v) is 7.51. The molecule has 6 nitrogen and oxygen atoms in total. The number of hydrazine groups is 1. The van der Waals surface area contributed by atoms with Gasteiger partial charge < -0.3 is 9.47 Å². The van der Waals surface area contributed by atoms with Gasteiger partial charge in [0.15, 0.2) is 15.8 Å². The summed E-state index contributed by atoms with van der Waals surface area (Å²) in [5.41, 5.74) is 3.40. The van der Waals surface area contributed by atoms with Gasteiger partial charge in [0.1, 0.15) is 0 Å². The number of amides is 2. The van der Waals surface area contributed by atoms with E-state index in [1.807, 2.05) is 18.2 Å². The predicted octanol–water partition coefficient (Wildman–Crippen LogP) is 3.86. The molecule has 4 saturated carbocycles. The first-order chi connectivity index (χ1) is 14.5. The van der Waals surface area contributed by atoms with E-state index in [0.717, 1.165) is 24.8 Å². The maximum Gasteiger partial charge on any atom is 0.285 e. The van der Waals surface area contributed by atoms with Gasteiger partial charge in [-0.25, -0.2) is 0 Å². The standard InChI is InChI=1S/C22H22N2O4S2/c25-19-18(7-12-1-2-16-17(6-12)28-11-27-16)30-21(29)24(19)23-20(26)22-8-13-3-14(9-22)5-15(4-13)10-22/h1-2,6-7,13-15H,3-5,8-11H2,(H,23,26). The minimum atomic E-state index is -0.320. The summed E-state index contributed by atoms with van der Waals surface area (Å²) in [4.78, 5) is 26.8.